The van der Waals surface area contributed by atoms with Crippen molar-refractivity contribution in [2.24, 2.45) is 0 Å². The van der Waals surface area contributed by atoms with E-state index in [1.165, 1.54) is 6.42 Å². The van der Waals surface area contributed by atoms with Crippen LogP contribution in [-0.4, -0.2) is 0 Å². The number of rotatable bonds is 1. The Bertz CT molecular complexity index is 9.51. The Labute approximate surface area is 47.6 Å². The first kappa shape index (κ1) is 9.14. The van der Waals surface area contributed by atoms with E-state index in [-0.39, 0.29) is 20.3 Å². The van der Waals surface area contributed by atoms with Gasteiger partial charge in [-0.15, -0.1) is 0 Å². The smallest absolute Gasteiger partial charge is 0.332 e. The van der Waals surface area contributed by atoms with Crippen LogP contribution in [0.3, 0.4) is 0 Å². The van der Waals surface area contributed by atoms with E-state index in [4.69, 9.17) is 0 Å². The van der Waals surface area contributed by atoms with E-state index >= 15 is 0 Å². The number of hydrogen-bond donors (Lipinski definition) is 0. The molecule has 0 spiro atoms. The minimum Gasteiger partial charge on any atom is -0.332 e. The van der Waals surface area contributed by atoms with Crippen LogP contribution in [0.15, 0.2) is 0 Å². The molecular formula is C4H11Li. The fourth-order valence-electron chi connectivity index (χ4n) is 0. The average Bonchev–Trinajstić information content (AvgIpc) is 1.37. The van der Waals surface area contributed by atoms with Crippen LogP contribution in [0, 0.1) is 6.42 Å². The predicted molar refractivity (Wildman–Crippen MR) is 22.4 cm³/mol. The molecule has 5 heavy (non-hydrogen) atoms. The first-order valence-corrected chi connectivity index (χ1v) is 1.69. The van der Waals surface area contributed by atoms with Crippen molar-refractivity contribution in [3.63, 3.8) is 0 Å². The first-order valence-electron chi connectivity index (χ1n) is 1.69. The molecule has 0 fully saturated rings. The first-order chi connectivity index (χ1) is 1.91. The van der Waals surface area contributed by atoms with E-state index in [1.807, 2.05) is 0 Å². The van der Waals surface area contributed by atoms with Gasteiger partial charge in [-0.1, -0.05) is 6.92 Å². The van der Waals surface area contributed by atoms with Gasteiger partial charge in [0.25, 0.3) is 0 Å². The van der Waals surface area contributed by atoms with Crippen LogP contribution < -0.4 is 18.9 Å². The standard InChI is InChI=1S/C4H9.Li.H2/c1-3-4-2;;/h3H,4H2,1-2H3;;1H/q-1;+1;. The molecule has 0 aromatic heterocycles. The van der Waals surface area contributed by atoms with E-state index in [9.17, 15) is 0 Å². The van der Waals surface area contributed by atoms with Crippen LogP contribution in [-0.2, 0) is 0 Å². The summed E-state index contributed by atoms with van der Waals surface area (Å²) in [6.45, 7) is 4.18. The molecule has 28 valence electrons. The zero-order valence-electron chi connectivity index (χ0n) is 4.28. The van der Waals surface area contributed by atoms with Gasteiger partial charge in [0.15, 0.2) is 0 Å². The molecule has 0 heterocycles. The topological polar surface area (TPSA) is 0 Å². The zero-order valence-corrected chi connectivity index (χ0v) is 4.28. The molecule has 0 bridgehead atoms. The predicted octanol–water partition coefficient (Wildman–Crippen LogP) is -1.13. The Hall–Kier alpha value is 0.597. The molecule has 0 aliphatic carbocycles. The second kappa shape index (κ2) is 8.82. The maximum Gasteiger partial charge on any atom is 1.00 e. The van der Waals surface area contributed by atoms with Crippen LogP contribution in [0.1, 0.15) is 21.7 Å². The Morgan fingerprint density at radius 1 is 1.80 bits per heavy atom. The molecule has 0 aliphatic rings. The molecule has 0 atom stereocenters. The molecule has 0 aromatic carbocycles. The summed E-state index contributed by atoms with van der Waals surface area (Å²) in [5, 5.41) is 0. The van der Waals surface area contributed by atoms with Crippen molar-refractivity contribution in [2.45, 2.75) is 20.3 Å². The van der Waals surface area contributed by atoms with E-state index in [0.717, 1.165) is 0 Å². The second-order valence-corrected chi connectivity index (χ2v) is 0.816. The van der Waals surface area contributed by atoms with Crippen molar-refractivity contribution in [3.8, 4) is 0 Å². The molecule has 0 rings (SSSR count). The normalized spacial score (nSPS) is 6.00. The van der Waals surface area contributed by atoms with Gasteiger partial charge in [0.05, 0.1) is 0 Å². The van der Waals surface area contributed by atoms with Gasteiger partial charge in [-0.2, -0.15) is 13.3 Å². The monoisotopic (exact) mass is 66.1 g/mol. The summed E-state index contributed by atoms with van der Waals surface area (Å²) in [5.74, 6) is 0. The average molecular weight is 66.1 g/mol. The Balaban J connectivity index is -0.0000000450. The quantitative estimate of drug-likeness (QED) is 0.268. The minimum absolute atomic E-state index is 0. The van der Waals surface area contributed by atoms with Gasteiger partial charge in [0.2, 0.25) is 0 Å². The zero-order chi connectivity index (χ0) is 3.41. The van der Waals surface area contributed by atoms with Crippen molar-refractivity contribution in [1.82, 2.24) is 0 Å². The van der Waals surface area contributed by atoms with Gasteiger partial charge in [-0.3, -0.25) is 0 Å². The van der Waals surface area contributed by atoms with Crippen LogP contribution in [0.25, 0.3) is 0 Å². The number of hydrogen-bond acceptors (Lipinski definition) is 0. The van der Waals surface area contributed by atoms with Gasteiger partial charge in [0.1, 0.15) is 0 Å². The van der Waals surface area contributed by atoms with Crippen molar-refractivity contribution < 1.29 is 20.3 Å². The maximum absolute atomic E-state index is 2.12. The van der Waals surface area contributed by atoms with Gasteiger partial charge < -0.3 is 6.42 Å². The van der Waals surface area contributed by atoms with E-state index in [0.29, 0.717) is 0 Å². The summed E-state index contributed by atoms with van der Waals surface area (Å²) >= 11 is 0. The summed E-state index contributed by atoms with van der Waals surface area (Å²) in [4.78, 5) is 0. The van der Waals surface area contributed by atoms with Gasteiger partial charge in [-0.25, -0.2) is 0 Å². The molecular weight excluding hydrogens is 55.0 g/mol. The van der Waals surface area contributed by atoms with E-state index in [1.54, 1.807) is 0 Å². The van der Waals surface area contributed by atoms with Gasteiger partial charge in [0, 0.05) is 1.43 Å². The Morgan fingerprint density at radius 2 is 2.00 bits per heavy atom. The van der Waals surface area contributed by atoms with Crippen LogP contribution in [0.2, 0.25) is 0 Å². The molecule has 0 aliphatic heterocycles. The van der Waals surface area contributed by atoms with Gasteiger partial charge >= 0.3 is 18.9 Å². The Morgan fingerprint density at radius 3 is 2.00 bits per heavy atom. The molecule has 0 saturated carbocycles. The molecule has 0 nitrogen and oxygen atoms in total. The maximum atomic E-state index is 2.12. The van der Waals surface area contributed by atoms with Crippen molar-refractivity contribution in [1.29, 1.82) is 0 Å². The summed E-state index contributed by atoms with van der Waals surface area (Å²) in [6.07, 6.45) is 3.32. The van der Waals surface area contributed by atoms with Crippen molar-refractivity contribution in [2.75, 3.05) is 0 Å². The molecule has 0 N–H and O–H groups in total. The van der Waals surface area contributed by atoms with Crippen LogP contribution in [0.4, 0.5) is 0 Å². The fourth-order valence-corrected chi connectivity index (χ4v) is 0. The third-order valence-electron chi connectivity index (χ3n) is 0.408. The third kappa shape index (κ3) is 12.2. The summed E-state index contributed by atoms with van der Waals surface area (Å²) in [7, 11) is 0. The molecule has 0 saturated heterocycles. The SMILES string of the molecule is C[CH-]CC.[HH].[Li+]. The van der Waals surface area contributed by atoms with Crippen LogP contribution >= 0.6 is 0 Å². The van der Waals surface area contributed by atoms with E-state index in [2.05, 4.69) is 20.3 Å². The van der Waals surface area contributed by atoms with Crippen LogP contribution in [0.5, 0.6) is 0 Å². The fraction of sp³-hybridized carbons (Fsp3) is 0.750. The molecule has 0 aromatic rings. The molecule has 1 heteroatoms. The van der Waals surface area contributed by atoms with Crippen molar-refractivity contribution in [3.05, 3.63) is 6.42 Å². The molecule has 0 radical (unpaired) electrons. The largest absolute Gasteiger partial charge is 1.00 e. The summed E-state index contributed by atoms with van der Waals surface area (Å²) in [6, 6.07) is 0. The van der Waals surface area contributed by atoms with E-state index < -0.39 is 0 Å². The Kier molecular flexibility index (Phi) is 16.1. The summed E-state index contributed by atoms with van der Waals surface area (Å²) < 4.78 is 0. The van der Waals surface area contributed by atoms with Crippen molar-refractivity contribution >= 4 is 0 Å². The second-order valence-electron chi connectivity index (χ2n) is 0.816. The molecule has 0 amide bonds. The minimum atomic E-state index is 0. The number of unbranched alkanes of at least 4 members (excludes halogenated alkanes) is 1. The van der Waals surface area contributed by atoms with Gasteiger partial charge in [-0.05, 0) is 0 Å². The molecule has 0 unspecified atom stereocenters. The third-order valence-corrected chi connectivity index (χ3v) is 0.408. The summed E-state index contributed by atoms with van der Waals surface area (Å²) in [5.41, 5.74) is 0.